The summed E-state index contributed by atoms with van der Waals surface area (Å²) in [6.45, 7) is 1.94. The van der Waals surface area contributed by atoms with Gasteiger partial charge in [0.15, 0.2) is 0 Å². The Labute approximate surface area is 181 Å². The van der Waals surface area contributed by atoms with E-state index in [1.165, 1.54) is 0 Å². The summed E-state index contributed by atoms with van der Waals surface area (Å²) in [6, 6.07) is 24.9. The van der Waals surface area contributed by atoms with Crippen LogP contribution in [0.2, 0.25) is 0 Å². The minimum atomic E-state index is -0.197. The van der Waals surface area contributed by atoms with Crippen molar-refractivity contribution in [3.63, 3.8) is 0 Å². The van der Waals surface area contributed by atoms with E-state index < -0.39 is 0 Å². The number of aromatic nitrogens is 1. The quantitative estimate of drug-likeness (QED) is 0.500. The van der Waals surface area contributed by atoms with Crippen LogP contribution in [0.25, 0.3) is 22.0 Å². The van der Waals surface area contributed by atoms with Gasteiger partial charge in [-0.15, -0.1) is 0 Å². The molecule has 1 aromatic heterocycles. The molecule has 4 aromatic rings. The van der Waals surface area contributed by atoms with E-state index in [1.807, 2.05) is 49.4 Å². The molecule has 2 amide bonds. The Morgan fingerprint density at radius 2 is 1.65 bits per heavy atom. The van der Waals surface area contributed by atoms with Crippen molar-refractivity contribution in [1.82, 2.24) is 10.3 Å². The maximum atomic E-state index is 13.0. The number of carbonyl (C=O) groups is 2. The first-order chi connectivity index (χ1) is 15.1. The summed E-state index contributed by atoms with van der Waals surface area (Å²) in [5.41, 5.74) is 5.78. The van der Waals surface area contributed by atoms with Crippen molar-refractivity contribution >= 4 is 28.4 Å². The molecule has 0 aliphatic rings. The van der Waals surface area contributed by atoms with Gasteiger partial charge in [0.05, 0.1) is 11.9 Å². The highest BCUT2D eigenvalue weighted by molar-refractivity contribution is 6.01. The molecule has 2 N–H and O–H groups in total. The number of fused-ring (bicyclic) bond motifs is 1. The van der Waals surface area contributed by atoms with Crippen LogP contribution >= 0.6 is 0 Å². The van der Waals surface area contributed by atoms with Gasteiger partial charge in [-0.1, -0.05) is 54.6 Å². The average Bonchev–Trinajstić information content (AvgIpc) is 2.79. The van der Waals surface area contributed by atoms with E-state index in [0.29, 0.717) is 11.3 Å². The minimum Gasteiger partial charge on any atom is -0.355 e. The van der Waals surface area contributed by atoms with Gasteiger partial charge in [0.25, 0.3) is 5.91 Å². The van der Waals surface area contributed by atoms with Crippen LogP contribution in [-0.4, -0.2) is 23.8 Å². The van der Waals surface area contributed by atoms with Gasteiger partial charge in [-0.05, 0) is 47.9 Å². The summed E-state index contributed by atoms with van der Waals surface area (Å²) in [5, 5.41) is 6.53. The largest absolute Gasteiger partial charge is 0.355 e. The van der Waals surface area contributed by atoms with Crippen molar-refractivity contribution in [3.8, 4) is 11.1 Å². The number of rotatable bonds is 5. The van der Waals surface area contributed by atoms with Gasteiger partial charge in [0.1, 0.15) is 0 Å². The van der Waals surface area contributed by atoms with Crippen LogP contribution in [0.5, 0.6) is 0 Å². The summed E-state index contributed by atoms with van der Waals surface area (Å²) in [4.78, 5) is 29.6. The van der Waals surface area contributed by atoms with Crippen LogP contribution in [0.15, 0.2) is 78.9 Å². The van der Waals surface area contributed by atoms with E-state index in [2.05, 4.69) is 22.8 Å². The first-order valence-electron chi connectivity index (χ1n) is 10.1. The van der Waals surface area contributed by atoms with Gasteiger partial charge in [0.2, 0.25) is 5.91 Å². The maximum absolute atomic E-state index is 13.0. The number of hydrogen-bond donors (Lipinski definition) is 2. The third-order valence-corrected chi connectivity index (χ3v) is 5.24. The second-order valence-corrected chi connectivity index (χ2v) is 7.32. The van der Waals surface area contributed by atoms with Crippen LogP contribution in [0.3, 0.4) is 0 Å². The van der Waals surface area contributed by atoms with E-state index >= 15 is 0 Å². The SMILES string of the molecule is CNC(=O)c1cccc(NC(=O)Cc2c(C)nc3ccccc3c2-c2ccccc2)c1. The fourth-order valence-electron chi connectivity index (χ4n) is 3.77. The molecule has 0 fully saturated rings. The molecule has 0 bridgehead atoms. The highest BCUT2D eigenvalue weighted by atomic mass is 16.2. The van der Waals surface area contributed by atoms with Gasteiger partial charge < -0.3 is 10.6 Å². The van der Waals surface area contributed by atoms with Gasteiger partial charge in [-0.2, -0.15) is 0 Å². The Bertz CT molecular complexity index is 1270. The summed E-state index contributed by atoms with van der Waals surface area (Å²) in [5.74, 6) is -0.358. The van der Waals surface area contributed by atoms with Crippen molar-refractivity contribution in [2.75, 3.05) is 12.4 Å². The number of nitrogens with one attached hydrogen (secondary N) is 2. The second-order valence-electron chi connectivity index (χ2n) is 7.32. The first kappa shape index (κ1) is 20.3. The normalized spacial score (nSPS) is 10.6. The third-order valence-electron chi connectivity index (χ3n) is 5.24. The fraction of sp³-hybridized carbons (Fsp3) is 0.115. The molecule has 154 valence electrons. The molecule has 31 heavy (non-hydrogen) atoms. The molecule has 3 aromatic carbocycles. The third kappa shape index (κ3) is 4.31. The number of para-hydroxylation sites is 1. The van der Waals surface area contributed by atoms with Gasteiger partial charge in [-0.25, -0.2) is 0 Å². The zero-order valence-corrected chi connectivity index (χ0v) is 17.5. The molecular formula is C26H23N3O2. The lowest BCUT2D eigenvalue weighted by Gasteiger charge is -2.16. The highest BCUT2D eigenvalue weighted by Gasteiger charge is 2.17. The zero-order valence-electron chi connectivity index (χ0n) is 17.5. The monoisotopic (exact) mass is 409 g/mol. The van der Waals surface area contributed by atoms with Crippen molar-refractivity contribution in [3.05, 3.63) is 95.7 Å². The fourth-order valence-corrected chi connectivity index (χ4v) is 3.77. The molecule has 4 rings (SSSR count). The molecule has 0 saturated carbocycles. The predicted octanol–water partition coefficient (Wildman–Crippen LogP) is 4.75. The van der Waals surface area contributed by atoms with E-state index in [1.54, 1.807) is 31.3 Å². The summed E-state index contributed by atoms with van der Waals surface area (Å²) in [6.07, 6.45) is 0.179. The van der Waals surface area contributed by atoms with E-state index in [9.17, 15) is 9.59 Å². The number of benzene rings is 3. The van der Waals surface area contributed by atoms with Crippen molar-refractivity contribution in [2.45, 2.75) is 13.3 Å². The van der Waals surface area contributed by atoms with Gasteiger partial charge in [0, 0.05) is 29.4 Å². The Balaban J connectivity index is 1.71. The molecule has 0 unspecified atom stereocenters. The van der Waals surface area contributed by atoms with Crippen LogP contribution in [0.1, 0.15) is 21.6 Å². The lowest BCUT2D eigenvalue weighted by atomic mass is 9.92. The molecule has 5 heteroatoms. The van der Waals surface area contributed by atoms with Crippen LogP contribution in [-0.2, 0) is 11.2 Å². The van der Waals surface area contributed by atoms with Gasteiger partial charge >= 0.3 is 0 Å². The Morgan fingerprint density at radius 1 is 0.903 bits per heavy atom. The van der Waals surface area contributed by atoms with E-state index in [4.69, 9.17) is 4.98 Å². The number of pyridine rings is 1. The topological polar surface area (TPSA) is 71.1 Å². The van der Waals surface area contributed by atoms with E-state index in [-0.39, 0.29) is 18.2 Å². The van der Waals surface area contributed by atoms with E-state index in [0.717, 1.165) is 33.3 Å². The molecule has 0 atom stereocenters. The molecule has 0 aliphatic heterocycles. The Hall–Kier alpha value is -3.99. The summed E-state index contributed by atoms with van der Waals surface area (Å²) < 4.78 is 0. The smallest absolute Gasteiger partial charge is 0.251 e. The molecule has 0 aliphatic carbocycles. The van der Waals surface area contributed by atoms with Crippen LogP contribution < -0.4 is 10.6 Å². The highest BCUT2D eigenvalue weighted by Crippen LogP contribution is 2.33. The zero-order chi connectivity index (χ0) is 21.8. The number of nitrogens with zero attached hydrogens (tertiary/aromatic N) is 1. The molecular weight excluding hydrogens is 386 g/mol. The van der Waals surface area contributed by atoms with Crippen molar-refractivity contribution in [1.29, 1.82) is 0 Å². The molecule has 0 saturated heterocycles. The van der Waals surface area contributed by atoms with Crippen LogP contribution in [0.4, 0.5) is 5.69 Å². The van der Waals surface area contributed by atoms with Gasteiger partial charge in [-0.3, -0.25) is 14.6 Å². The number of carbonyl (C=O) groups excluding carboxylic acids is 2. The van der Waals surface area contributed by atoms with Crippen molar-refractivity contribution in [2.24, 2.45) is 0 Å². The number of anilines is 1. The Morgan fingerprint density at radius 3 is 2.42 bits per heavy atom. The number of amides is 2. The lowest BCUT2D eigenvalue weighted by molar-refractivity contribution is -0.115. The molecule has 0 radical (unpaired) electrons. The standard InChI is InChI=1S/C26H23N3O2/c1-17-22(16-24(30)29-20-12-8-11-19(15-20)26(31)27-2)25(18-9-4-3-5-10-18)21-13-6-7-14-23(21)28-17/h3-15H,16H2,1-2H3,(H,27,31)(H,29,30). The summed E-state index contributed by atoms with van der Waals surface area (Å²) in [7, 11) is 1.58. The first-order valence-corrected chi connectivity index (χ1v) is 10.1. The number of aryl methyl sites for hydroxylation is 1. The predicted molar refractivity (Wildman–Crippen MR) is 124 cm³/mol. The summed E-state index contributed by atoms with van der Waals surface area (Å²) >= 11 is 0. The minimum absolute atomic E-state index is 0.161. The molecule has 1 heterocycles. The molecule has 0 spiro atoms. The lowest BCUT2D eigenvalue weighted by Crippen LogP contribution is -2.19. The number of hydrogen-bond acceptors (Lipinski definition) is 3. The average molecular weight is 409 g/mol. The second kappa shape index (κ2) is 8.79. The maximum Gasteiger partial charge on any atom is 0.251 e. The van der Waals surface area contributed by atoms with Crippen LogP contribution in [0, 0.1) is 6.92 Å². The molecule has 5 nitrogen and oxygen atoms in total. The Kier molecular flexibility index (Phi) is 5.76. The van der Waals surface area contributed by atoms with Crippen molar-refractivity contribution < 1.29 is 9.59 Å².